The SMILES string of the molecule is CN1C2CCC(C2)C1COc1cncc(N)c1. The molecule has 92 valence electrons. The van der Waals surface area contributed by atoms with Crippen LogP contribution < -0.4 is 10.5 Å². The van der Waals surface area contributed by atoms with E-state index < -0.39 is 0 Å². The summed E-state index contributed by atoms with van der Waals surface area (Å²) in [5.41, 5.74) is 6.33. The number of aromatic nitrogens is 1. The first kappa shape index (κ1) is 10.8. The van der Waals surface area contributed by atoms with Crippen molar-refractivity contribution in [1.29, 1.82) is 0 Å². The van der Waals surface area contributed by atoms with Gasteiger partial charge in [-0.25, -0.2) is 0 Å². The zero-order valence-electron chi connectivity index (χ0n) is 10.2. The standard InChI is InChI=1S/C13H19N3O/c1-16-11-3-2-9(4-11)13(16)8-17-12-5-10(14)6-15-7-12/h5-7,9,11,13H,2-4,8,14H2,1H3. The fraction of sp³-hybridized carbons (Fsp3) is 0.615. The van der Waals surface area contributed by atoms with Crippen LogP contribution >= 0.6 is 0 Å². The predicted octanol–water partition coefficient (Wildman–Crippen LogP) is 1.53. The van der Waals surface area contributed by atoms with Crippen molar-refractivity contribution >= 4 is 5.69 Å². The Balaban J connectivity index is 1.61. The molecule has 17 heavy (non-hydrogen) atoms. The van der Waals surface area contributed by atoms with Crippen molar-refractivity contribution in [2.45, 2.75) is 31.3 Å². The lowest BCUT2D eigenvalue weighted by molar-refractivity contribution is 0.118. The average molecular weight is 233 g/mol. The van der Waals surface area contributed by atoms with Gasteiger partial charge in [0.25, 0.3) is 0 Å². The Bertz CT molecular complexity index is 407. The number of rotatable bonds is 3. The number of fused-ring (bicyclic) bond motifs is 2. The molecule has 1 aliphatic heterocycles. The van der Waals surface area contributed by atoms with Crippen molar-refractivity contribution in [2.75, 3.05) is 19.4 Å². The van der Waals surface area contributed by atoms with Crippen LogP contribution in [-0.2, 0) is 0 Å². The number of hydrogen-bond donors (Lipinski definition) is 1. The zero-order valence-corrected chi connectivity index (χ0v) is 10.2. The van der Waals surface area contributed by atoms with Crippen molar-refractivity contribution in [2.24, 2.45) is 5.92 Å². The Morgan fingerprint density at radius 3 is 3.06 bits per heavy atom. The molecule has 2 bridgehead atoms. The molecule has 1 aliphatic carbocycles. The first-order chi connectivity index (χ1) is 8.24. The minimum Gasteiger partial charge on any atom is -0.490 e. The molecule has 3 rings (SSSR count). The fourth-order valence-electron chi connectivity index (χ4n) is 3.26. The Morgan fingerprint density at radius 1 is 1.47 bits per heavy atom. The van der Waals surface area contributed by atoms with Gasteiger partial charge in [-0.3, -0.25) is 9.88 Å². The van der Waals surface area contributed by atoms with E-state index in [1.165, 1.54) is 19.3 Å². The number of nitrogen functional groups attached to an aromatic ring is 1. The van der Waals surface area contributed by atoms with Gasteiger partial charge in [0.05, 0.1) is 18.1 Å². The van der Waals surface area contributed by atoms with Crippen molar-refractivity contribution < 1.29 is 4.74 Å². The summed E-state index contributed by atoms with van der Waals surface area (Å²) in [6.07, 6.45) is 7.43. The molecular formula is C13H19N3O. The van der Waals surface area contributed by atoms with Crippen LogP contribution in [0.3, 0.4) is 0 Å². The first-order valence-electron chi connectivity index (χ1n) is 6.29. The van der Waals surface area contributed by atoms with Crippen LogP contribution in [0.1, 0.15) is 19.3 Å². The molecule has 3 unspecified atom stereocenters. The van der Waals surface area contributed by atoms with E-state index in [9.17, 15) is 0 Å². The maximum atomic E-state index is 5.81. The molecule has 0 amide bonds. The van der Waals surface area contributed by atoms with Crippen LogP contribution in [-0.4, -0.2) is 35.6 Å². The quantitative estimate of drug-likeness (QED) is 0.860. The highest BCUT2D eigenvalue weighted by Gasteiger charge is 2.43. The molecule has 2 aliphatic rings. The molecular weight excluding hydrogens is 214 g/mol. The number of anilines is 1. The highest BCUT2D eigenvalue weighted by molar-refractivity contribution is 5.39. The molecule has 1 aromatic rings. The second-order valence-electron chi connectivity index (χ2n) is 5.22. The fourth-order valence-corrected chi connectivity index (χ4v) is 3.26. The minimum absolute atomic E-state index is 0.565. The molecule has 2 heterocycles. The Morgan fingerprint density at radius 2 is 2.35 bits per heavy atom. The molecule has 0 spiro atoms. The first-order valence-corrected chi connectivity index (χ1v) is 6.29. The van der Waals surface area contributed by atoms with Gasteiger partial charge in [0.2, 0.25) is 0 Å². The van der Waals surface area contributed by atoms with Crippen LogP contribution in [0.4, 0.5) is 5.69 Å². The molecule has 0 radical (unpaired) electrons. The van der Waals surface area contributed by atoms with Crippen LogP contribution in [0.2, 0.25) is 0 Å². The van der Waals surface area contributed by atoms with Gasteiger partial charge in [-0.05, 0) is 32.2 Å². The Labute approximate surface area is 102 Å². The zero-order chi connectivity index (χ0) is 11.8. The second-order valence-corrected chi connectivity index (χ2v) is 5.22. The van der Waals surface area contributed by atoms with Gasteiger partial charge in [0.1, 0.15) is 12.4 Å². The topological polar surface area (TPSA) is 51.4 Å². The summed E-state index contributed by atoms with van der Waals surface area (Å²) in [4.78, 5) is 6.51. The Kier molecular flexibility index (Phi) is 2.67. The summed E-state index contributed by atoms with van der Waals surface area (Å²) in [5, 5.41) is 0. The largest absolute Gasteiger partial charge is 0.490 e. The highest BCUT2D eigenvalue weighted by atomic mass is 16.5. The van der Waals surface area contributed by atoms with E-state index >= 15 is 0 Å². The van der Waals surface area contributed by atoms with E-state index in [1.807, 2.05) is 6.07 Å². The van der Waals surface area contributed by atoms with Crippen molar-refractivity contribution in [3.63, 3.8) is 0 Å². The van der Waals surface area contributed by atoms with E-state index in [4.69, 9.17) is 10.5 Å². The maximum Gasteiger partial charge on any atom is 0.139 e. The molecule has 1 aromatic heterocycles. The molecule has 4 heteroatoms. The van der Waals surface area contributed by atoms with Crippen molar-refractivity contribution in [3.8, 4) is 5.75 Å². The average Bonchev–Trinajstić information content (AvgIpc) is 2.88. The normalized spacial score (nSPS) is 31.9. The number of pyridine rings is 1. The summed E-state index contributed by atoms with van der Waals surface area (Å²) < 4.78 is 5.81. The summed E-state index contributed by atoms with van der Waals surface area (Å²) in [6, 6.07) is 3.18. The lowest BCUT2D eigenvalue weighted by Gasteiger charge is -2.31. The second kappa shape index (κ2) is 4.18. The number of nitrogens with two attached hydrogens (primary N) is 1. The molecule has 2 N–H and O–H groups in total. The van der Waals surface area contributed by atoms with Gasteiger partial charge >= 0.3 is 0 Å². The lowest BCUT2D eigenvalue weighted by Crippen LogP contribution is -2.41. The third kappa shape index (κ3) is 1.97. The highest BCUT2D eigenvalue weighted by Crippen LogP contribution is 2.41. The molecule has 1 saturated carbocycles. The Hall–Kier alpha value is -1.29. The van der Waals surface area contributed by atoms with Gasteiger partial charge in [-0.2, -0.15) is 0 Å². The summed E-state index contributed by atoms with van der Waals surface area (Å²) in [6.45, 7) is 0.753. The molecule has 3 atom stereocenters. The van der Waals surface area contributed by atoms with Crippen LogP contribution in [0.25, 0.3) is 0 Å². The number of likely N-dealkylation sites (N-methyl/N-ethyl adjacent to an activating group) is 1. The van der Waals surface area contributed by atoms with Gasteiger partial charge in [-0.1, -0.05) is 0 Å². The van der Waals surface area contributed by atoms with E-state index in [0.717, 1.165) is 24.3 Å². The van der Waals surface area contributed by atoms with E-state index in [1.54, 1.807) is 12.4 Å². The number of ether oxygens (including phenoxy) is 1. The van der Waals surface area contributed by atoms with Crippen molar-refractivity contribution in [3.05, 3.63) is 18.5 Å². The van der Waals surface area contributed by atoms with E-state index in [2.05, 4.69) is 16.9 Å². The van der Waals surface area contributed by atoms with Crippen molar-refractivity contribution in [1.82, 2.24) is 9.88 Å². The minimum atomic E-state index is 0.565. The summed E-state index contributed by atoms with van der Waals surface area (Å²) in [5.74, 6) is 1.60. The maximum absolute atomic E-state index is 5.81. The van der Waals surface area contributed by atoms with Gasteiger partial charge in [0, 0.05) is 18.2 Å². The van der Waals surface area contributed by atoms with Gasteiger partial charge in [-0.15, -0.1) is 0 Å². The number of nitrogens with zero attached hydrogens (tertiary/aromatic N) is 2. The predicted molar refractivity (Wildman–Crippen MR) is 66.8 cm³/mol. The molecule has 0 aromatic carbocycles. The molecule has 4 nitrogen and oxygen atoms in total. The third-order valence-electron chi connectivity index (χ3n) is 4.24. The van der Waals surface area contributed by atoms with Crippen LogP contribution in [0.15, 0.2) is 18.5 Å². The number of hydrogen-bond acceptors (Lipinski definition) is 4. The van der Waals surface area contributed by atoms with Crippen LogP contribution in [0.5, 0.6) is 5.75 Å². The van der Waals surface area contributed by atoms with Crippen LogP contribution in [0, 0.1) is 5.92 Å². The van der Waals surface area contributed by atoms with E-state index in [-0.39, 0.29) is 0 Å². The summed E-state index contributed by atoms with van der Waals surface area (Å²) >= 11 is 0. The van der Waals surface area contributed by atoms with E-state index in [0.29, 0.717) is 11.7 Å². The third-order valence-corrected chi connectivity index (χ3v) is 4.24. The van der Waals surface area contributed by atoms with Gasteiger partial charge in [0.15, 0.2) is 0 Å². The molecule has 2 fully saturated rings. The lowest BCUT2D eigenvalue weighted by atomic mass is 10.00. The molecule has 1 saturated heterocycles. The number of likely N-dealkylation sites (tertiary alicyclic amines) is 1. The smallest absolute Gasteiger partial charge is 0.139 e. The number of piperidine rings is 1. The monoisotopic (exact) mass is 233 g/mol. The summed E-state index contributed by atoms with van der Waals surface area (Å²) in [7, 11) is 2.22. The van der Waals surface area contributed by atoms with Gasteiger partial charge < -0.3 is 10.5 Å².